The SMILES string of the molecule is O=C(NCc1ccccc1F)c1ccc(N2CCNC2=O)cc1. The number of rotatable bonds is 4. The van der Waals surface area contributed by atoms with Gasteiger partial charge in [-0.3, -0.25) is 9.69 Å². The molecule has 3 rings (SSSR count). The predicted octanol–water partition coefficient (Wildman–Crippen LogP) is 2.29. The summed E-state index contributed by atoms with van der Waals surface area (Å²) in [6.07, 6.45) is 0. The van der Waals surface area contributed by atoms with Crippen LogP contribution in [-0.2, 0) is 6.54 Å². The minimum Gasteiger partial charge on any atom is -0.348 e. The van der Waals surface area contributed by atoms with Crippen LogP contribution in [-0.4, -0.2) is 25.0 Å². The van der Waals surface area contributed by atoms with E-state index in [2.05, 4.69) is 10.6 Å². The van der Waals surface area contributed by atoms with Crippen LogP contribution in [0.4, 0.5) is 14.9 Å². The Bertz CT molecular complexity index is 731. The van der Waals surface area contributed by atoms with Crippen LogP contribution < -0.4 is 15.5 Å². The minimum atomic E-state index is -0.344. The lowest BCUT2D eigenvalue weighted by Crippen LogP contribution is -2.28. The van der Waals surface area contributed by atoms with Crippen LogP contribution in [0.25, 0.3) is 0 Å². The van der Waals surface area contributed by atoms with Gasteiger partial charge in [-0.1, -0.05) is 18.2 Å². The Labute approximate surface area is 133 Å². The number of hydrogen-bond donors (Lipinski definition) is 2. The van der Waals surface area contributed by atoms with Gasteiger partial charge in [0.2, 0.25) is 0 Å². The molecule has 2 aromatic carbocycles. The zero-order valence-electron chi connectivity index (χ0n) is 12.4. The summed E-state index contributed by atoms with van der Waals surface area (Å²) in [6.45, 7) is 1.35. The third-order valence-corrected chi connectivity index (χ3v) is 3.70. The fourth-order valence-electron chi connectivity index (χ4n) is 2.43. The second-order valence-electron chi connectivity index (χ2n) is 5.20. The van der Waals surface area contributed by atoms with Gasteiger partial charge in [0, 0.05) is 36.4 Å². The lowest BCUT2D eigenvalue weighted by molar-refractivity contribution is 0.0950. The number of hydrogen-bond acceptors (Lipinski definition) is 2. The normalized spacial score (nSPS) is 13.8. The Morgan fingerprint density at radius 2 is 1.91 bits per heavy atom. The largest absolute Gasteiger partial charge is 0.348 e. The van der Waals surface area contributed by atoms with Crippen LogP contribution in [0.1, 0.15) is 15.9 Å². The monoisotopic (exact) mass is 313 g/mol. The summed E-state index contributed by atoms with van der Waals surface area (Å²) in [6, 6.07) is 12.9. The van der Waals surface area contributed by atoms with Crippen molar-refractivity contribution in [2.24, 2.45) is 0 Å². The highest BCUT2D eigenvalue weighted by Gasteiger charge is 2.21. The first-order chi connectivity index (χ1) is 11.1. The molecule has 0 aromatic heterocycles. The van der Waals surface area contributed by atoms with E-state index in [1.165, 1.54) is 6.07 Å². The smallest absolute Gasteiger partial charge is 0.321 e. The zero-order chi connectivity index (χ0) is 16.2. The van der Waals surface area contributed by atoms with Crippen molar-refractivity contribution < 1.29 is 14.0 Å². The fourth-order valence-corrected chi connectivity index (χ4v) is 2.43. The van der Waals surface area contributed by atoms with Crippen LogP contribution in [0.15, 0.2) is 48.5 Å². The fraction of sp³-hybridized carbons (Fsp3) is 0.176. The van der Waals surface area contributed by atoms with E-state index >= 15 is 0 Å². The lowest BCUT2D eigenvalue weighted by atomic mass is 10.1. The van der Waals surface area contributed by atoms with Crippen molar-refractivity contribution in [3.8, 4) is 0 Å². The Kier molecular flexibility index (Phi) is 4.23. The maximum absolute atomic E-state index is 13.5. The first kappa shape index (κ1) is 15.0. The maximum Gasteiger partial charge on any atom is 0.321 e. The molecule has 0 radical (unpaired) electrons. The minimum absolute atomic E-state index is 0.127. The van der Waals surface area contributed by atoms with Gasteiger partial charge in [0.05, 0.1) is 0 Å². The van der Waals surface area contributed by atoms with Crippen LogP contribution in [0.2, 0.25) is 0 Å². The lowest BCUT2D eigenvalue weighted by Gasteiger charge is -2.14. The van der Waals surface area contributed by atoms with Gasteiger partial charge in [-0.05, 0) is 30.3 Å². The average molecular weight is 313 g/mol. The molecule has 0 unspecified atom stereocenters. The zero-order valence-corrected chi connectivity index (χ0v) is 12.4. The molecule has 0 bridgehead atoms. The Balaban J connectivity index is 1.64. The highest BCUT2D eigenvalue weighted by Crippen LogP contribution is 2.17. The molecule has 2 N–H and O–H groups in total. The molecule has 0 saturated carbocycles. The Hall–Kier alpha value is -2.89. The van der Waals surface area contributed by atoms with E-state index in [4.69, 9.17) is 0 Å². The van der Waals surface area contributed by atoms with E-state index in [0.717, 1.165) is 5.69 Å². The quantitative estimate of drug-likeness (QED) is 0.910. The molecular formula is C17H16FN3O2. The molecule has 0 atom stereocenters. The van der Waals surface area contributed by atoms with Gasteiger partial charge < -0.3 is 10.6 Å². The number of amides is 3. The van der Waals surface area contributed by atoms with Gasteiger partial charge in [-0.25, -0.2) is 9.18 Å². The number of carbonyl (C=O) groups excluding carboxylic acids is 2. The summed E-state index contributed by atoms with van der Waals surface area (Å²) in [5.41, 5.74) is 1.64. The van der Waals surface area contributed by atoms with Crippen molar-refractivity contribution in [1.82, 2.24) is 10.6 Å². The van der Waals surface area contributed by atoms with Crippen molar-refractivity contribution in [1.29, 1.82) is 0 Å². The van der Waals surface area contributed by atoms with Crippen molar-refractivity contribution in [2.45, 2.75) is 6.54 Å². The summed E-state index contributed by atoms with van der Waals surface area (Å²) < 4.78 is 13.5. The molecule has 0 spiro atoms. The molecule has 3 amide bonds. The second kappa shape index (κ2) is 6.48. The molecule has 0 aliphatic carbocycles. The molecule has 23 heavy (non-hydrogen) atoms. The van der Waals surface area contributed by atoms with Crippen molar-refractivity contribution >= 4 is 17.6 Å². The molecule has 1 aliphatic rings. The number of anilines is 1. The standard InChI is InChI=1S/C17H16FN3O2/c18-15-4-2-1-3-13(15)11-20-16(22)12-5-7-14(8-6-12)21-10-9-19-17(21)23/h1-8H,9-11H2,(H,19,23)(H,20,22). The number of nitrogens with one attached hydrogen (secondary N) is 2. The molecule has 6 heteroatoms. The number of halogens is 1. The van der Waals surface area contributed by atoms with E-state index in [-0.39, 0.29) is 24.3 Å². The van der Waals surface area contributed by atoms with Crippen molar-refractivity contribution in [3.63, 3.8) is 0 Å². The summed E-state index contributed by atoms with van der Waals surface area (Å²) >= 11 is 0. The Morgan fingerprint density at radius 1 is 1.17 bits per heavy atom. The summed E-state index contributed by atoms with van der Waals surface area (Å²) in [7, 11) is 0. The van der Waals surface area contributed by atoms with Crippen LogP contribution in [0.3, 0.4) is 0 Å². The van der Waals surface area contributed by atoms with E-state index < -0.39 is 0 Å². The summed E-state index contributed by atoms with van der Waals surface area (Å²) in [5.74, 6) is -0.631. The van der Waals surface area contributed by atoms with Gasteiger partial charge in [-0.2, -0.15) is 0 Å². The Morgan fingerprint density at radius 3 is 2.57 bits per heavy atom. The van der Waals surface area contributed by atoms with Crippen molar-refractivity contribution in [2.75, 3.05) is 18.0 Å². The third-order valence-electron chi connectivity index (χ3n) is 3.70. The first-order valence-electron chi connectivity index (χ1n) is 7.32. The van der Waals surface area contributed by atoms with E-state index in [1.807, 2.05) is 0 Å². The molecule has 2 aromatic rings. The summed E-state index contributed by atoms with van der Waals surface area (Å²) in [5, 5.41) is 5.40. The topological polar surface area (TPSA) is 61.4 Å². The molecular weight excluding hydrogens is 297 g/mol. The van der Waals surface area contributed by atoms with E-state index in [1.54, 1.807) is 47.4 Å². The van der Waals surface area contributed by atoms with Gasteiger partial charge in [-0.15, -0.1) is 0 Å². The first-order valence-corrected chi connectivity index (χ1v) is 7.32. The number of nitrogens with zero attached hydrogens (tertiary/aromatic N) is 1. The van der Waals surface area contributed by atoms with E-state index in [0.29, 0.717) is 24.2 Å². The molecule has 1 fully saturated rings. The van der Waals surface area contributed by atoms with Crippen LogP contribution in [0.5, 0.6) is 0 Å². The van der Waals surface area contributed by atoms with Gasteiger partial charge in [0.15, 0.2) is 0 Å². The van der Waals surface area contributed by atoms with Crippen LogP contribution in [0, 0.1) is 5.82 Å². The number of benzene rings is 2. The highest BCUT2D eigenvalue weighted by molar-refractivity contribution is 5.96. The molecule has 1 heterocycles. The number of urea groups is 1. The van der Waals surface area contributed by atoms with Gasteiger partial charge in [0.25, 0.3) is 5.91 Å². The highest BCUT2D eigenvalue weighted by atomic mass is 19.1. The van der Waals surface area contributed by atoms with Crippen LogP contribution >= 0.6 is 0 Å². The predicted molar refractivity (Wildman–Crippen MR) is 84.8 cm³/mol. The molecule has 118 valence electrons. The van der Waals surface area contributed by atoms with Crippen molar-refractivity contribution in [3.05, 3.63) is 65.5 Å². The van der Waals surface area contributed by atoms with E-state index in [9.17, 15) is 14.0 Å². The van der Waals surface area contributed by atoms with Gasteiger partial charge >= 0.3 is 6.03 Å². The third kappa shape index (κ3) is 3.31. The number of carbonyl (C=O) groups is 2. The molecule has 1 aliphatic heterocycles. The molecule has 5 nitrogen and oxygen atoms in total. The second-order valence-corrected chi connectivity index (χ2v) is 5.20. The molecule has 1 saturated heterocycles. The summed E-state index contributed by atoms with van der Waals surface area (Å²) in [4.78, 5) is 25.3. The maximum atomic E-state index is 13.5. The average Bonchev–Trinajstić information content (AvgIpc) is 3.00. The van der Waals surface area contributed by atoms with Gasteiger partial charge in [0.1, 0.15) is 5.82 Å².